The normalized spacial score (nSPS) is 10.6. The first-order chi connectivity index (χ1) is 10.4. The van der Waals surface area contributed by atoms with Gasteiger partial charge in [-0.25, -0.2) is 0 Å². The van der Waals surface area contributed by atoms with E-state index in [1.807, 2.05) is 12.1 Å². The topological polar surface area (TPSA) is 9.23 Å². The third-order valence-corrected chi connectivity index (χ3v) is 6.27. The lowest BCUT2D eigenvalue weighted by molar-refractivity contribution is 0.418. The molecule has 1 nitrogen and oxygen atoms in total. The summed E-state index contributed by atoms with van der Waals surface area (Å²) in [5.74, 6) is 0.971. The molecule has 0 amide bonds. The van der Waals surface area contributed by atoms with Crippen LogP contribution >= 0.6 is 0 Å². The average Bonchev–Trinajstić information content (AvgIpc) is 2.58. The summed E-state index contributed by atoms with van der Waals surface area (Å²) in [6.45, 7) is 0. The van der Waals surface area contributed by atoms with E-state index in [4.69, 9.17) is 4.74 Å². The van der Waals surface area contributed by atoms with Gasteiger partial charge in [-0.15, -0.1) is 0 Å². The van der Waals surface area contributed by atoms with Crippen LogP contribution in [0.15, 0.2) is 84.9 Å². The number of methoxy groups -OCH3 is 1. The third-order valence-electron chi connectivity index (χ3n) is 3.50. The fraction of sp³-hybridized carbons (Fsp3) is 0.0526. The Kier molecular flexibility index (Phi) is 4.17. The van der Waals surface area contributed by atoms with Crippen molar-refractivity contribution in [2.45, 2.75) is 0 Å². The molecule has 2 heteroatoms. The molecule has 0 bridgehead atoms. The van der Waals surface area contributed by atoms with Crippen molar-refractivity contribution >= 4 is 24.4 Å². The lowest BCUT2D eigenvalue weighted by Gasteiger charge is -2.19. The maximum atomic E-state index is 5.59. The van der Waals surface area contributed by atoms with Gasteiger partial charge in [-0.05, 0) is 11.3 Å². The van der Waals surface area contributed by atoms with Crippen LogP contribution in [-0.4, -0.2) is 15.9 Å². The van der Waals surface area contributed by atoms with E-state index in [0.29, 0.717) is 0 Å². The Morgan fingerprint density at radius 1 is 0.619 bits per heavy atom. The number of para-hydroxylation sites is 1. The van der Waals surface area contributed by atoms with E-state index in [1.54, 1.807) is 7.11 Å². The molecule has 0 aliphatic heterocycles. The highest BCUT2D eigenvalue weighted by Gasteiger charge is 2.22. The molecule has 0 aliphatic carbocycles. The van der Waals surface area contributed by atoms with E-state index < -0.39 is 8.80 Å². The van der Waals surface area contributed by atoms with Crippen LogP contribution < -0.4 is 20.3 Å². The number of rotatable bonds is 4. The Labute approximate surface area is 127 Å². The summed E-state index contributed by atoms with van der Waals surface area (Å²) in [6.07, 6.45) is 0. The van der Waals surface area contributed by atoms with Gasteiger partial charge >= 0.3 is 0 Å². The van der Waals surface area contributed by atoms with Crippen LogP contribution in [0.25, 0.3) is 0 Å². The second-order valence-electron chi connectivity index (χ2n) is 4.81. The van der Waals surface area contributed by atoms with E-state index in [1.165, 1.54) is 15.6 Å². The molecular formula is C19H17OSi. The lowest BCUT2D eigenvalue weighted by atomic mass is 10.3. The molecule has 0 aromatic heterocycles. The summed E-state index contributed by atoms with van der Waals surface area (Å²) in [5.41, 5.74) is 0. The highest BCUT2D eigenvalue weighted by Crippen LogP contribution is 2.08. The fourth-order valence-electron chi connectivity index (χ4n) is 2.54. The van der Waals surface area contributed by atoms with E-state index in [9.17, 15) is 0 Å². The molecule has 0 atom stereocenters. The van der Waals surface area contributed by atoms with Gasteiger partial charge in [-0.2, -0.15) is 0 Å². The predicted octanol–water partition coefficient (Wildman–Crippen LogP) is 2.21. The molecule has 1 radical (unpaired) electrons. The Balaban J connectivity index is 2.17. The van der Waals surface area contributed by atoms with Crippen LogP contribution in [-0.2, 0) is 0 Å². The van der Waals surface area contributed by atoms with Crippen molar-refractivity contribution in [3.63, 3.8) is 0 Å². The minimum Gasteiger partial charge on any atom is -0.497 e. The third kappa shape index (κ3) is 2.90. The summed E-state index contributed by atoms with van der Waals surface area (Å²) in [4.78, 5) is 0. The molecule has 0 saturated heterocycles. The quantitative estimate of drug-likeness (QED) is 0.528. The van der Waals surface area contributed by atoms with Crippen LogP contribution in [0.2, 0.25) is 0 Å². The Morgan fingerprint density at radius 2 is 1.10 bits per heavy atom. The number of hydrogen-bond acceptors (Lipinski definition) is 1. The molecule has 0 N–H and O–H groups in total. The maximum Gasteiger partial charge on any atom is 0.159 e. The van der Waals surface area contributed by atoms with E-state index >= 15 is 0 Å². The van der Waals surface area contributed by atoms with Gasteiger partial charge in [-0.3, -0.25) is 0 Å². The van der Waals surface area contributed by atoms with E-state index in [0.717, 1.165) is 5.75 Å². The SMILES string of the molecule is COc1ccccc1[Si](c1ccccc1)c1ccccc1. The van der Waals surface area contributed by atoms with Gasteiger partial charge in [0.15, 0.2) is 8.80 Å². The first-order valence-electron chi connectivity index (χ1n) is 7.01. The van der Waals surface area contributed by atoms with Crippen molar-refractivity contribution in [2.75, 3.05) is 7.11 Å². The summed E-state index contributed by atoms with van der Waals surface area (Å²) < 4.78 is 5.59. The molecule has 0 spiro atoms. The maximum absolute atomic E-state index is 5.59. The van der Waals surface area contributed by atoms with Gasteiger partial charge in [0.05, 0.1) is 7.11 Å². The highest BCUT2D eigenvalue weighted by atomic mass is 28.3. The molecule has 0 fully saturated rings. The molecule has 21 heavy (non-hydrogen) atoms. The van der Waals surface area contributed by atoms with Crippen molar-refractivity contribution in [1.29, 1.82) is 0 Å². The first kappa shape index (κ1) is 13.7. The van der Waals surface area contributed by atoms with E-state index in [-0.39, 0.29) is 0 Å². The highest BCUT2D eigenvalue weighted by molar-refractivity contribution is 6.96. The largest absolute Gasteiger partial charge is 0.497 e. The Bertz CT molecular complexity index is 656. The van der Waals surface area contributed by atoms with Crippen LogP contribution in [0.3, 0.4) is 0 Å². The van der Waals surface area contributed by atoms with Crippen molar-refractivity contribution in [2.24, 2.45) is 0 Å². The molecule has 3 aromatic carbocycles. The van der Waals surface area contributed by atoms with Crippen molar-refractivity contribution < 1.29 is 4.74 Å². The number of benzene rings is 3. The summed E-state index contributed by atoms with van der Waals surface area (Å²) >= 11 is 0. The monoisotopic (exact) mass is 289 g/mol. The van der Waals surface area contributed by atoms with Crippen molar-refractivity contribution in [3.8, 4) is 5.75 Å². The predicted molar refractivity (Wildman–Crippen MR) is 90.5 cm³/mol. The number of ether oxygens (including phenoxy) is 1. The van der Waals surface area contributed by atoms with Crippen LogP contribution in [0.4, 0.5) is 0 Å². The zero-order valence-corrected chi connectivity index (χ0v) is 13.0. The van der Waals surface area contributed by atoms with E-state index in [2.05, 4.69) is 72.8 Å². The van der Waals surface area contributed by atoms with Gasteiger partial charge in [0.1, 0.15) is 5.75 Å². The molecule has 3 aromatic rings. The molecule has 0 saturated carbocycles. The Hall–Kier alpha value is -2.32. The van der Waals surface area contributed by atoms with Gasteiger partial charge < -0.3 is 4.74 Å². The summed E-state index contributed by atoms with van der Waals surface area (Å²) in [6, 6.07) is 29.8. The fourth-order valence-corrected chi connectivity index (χ4v) is 5.24. The zero-order chi connectivity index (χ0) is 14.5. The van der Waals surface area contributed by atoms with Crippen molar-refractivity contribution in [3.05, 3.63) is 84.9 Å². The molecule has 0 aliphatic rings. The molecule has 0 heterocycles. The zero-order valence-electron chi connectivity index (χ0n) is 12.0. The second kappa shape index (κ2) is 6.42. The van der Waals surface area contributed by atoms with Crippen LogP contribution in [0, 0.1) is 0 Å². The summed E-state index contributed by atoms with van der Waals surface area (Å²) in [5, 5.41) is 4.04. The van der Waals surface area contributed by atoms with Crippen molar-refractivity contribution in [1.82, 2.24) is 0 Å². The smallest absolute Gasteiger partial charge is 0.159 e. The van der Waals surface area contributed by atoms with Gasteiger partial charge in [-0.1, -0.05) is 89.2 Å². The average molecular weight is 289 g/mol. The number of hydrogen-bond donors (Lipinski definition) is 0. The Morgan fingerprint density at radius 3 is 1.62 bits per heavy atom. The van der Waals surface area contributed by atoms with Gasteiger partial charge in [0, 0.05) is 0 Å². The van der Waals surface area contributed by atoms with Crippen LogP contribution in [0.1, 0.15) is 0 Å². The standard InChI is InChI=1S/C19H17OSi/c1-20-18-14-8-9-15-19(18)21(16-10-4-2-5-11-16)17-12-6-3-7-13-17/h2-15H,1H3. The van der Waals surface area contributed by atoms with Gasteiger partial charge in [0.25, 0.3) is 0 Å². The molecule has 103 valence electrons. The minimum absolute atomic E-state index is 0.971. The lowest BCUT2D eigenvalue weighted by Crippen LogP contribution is -2.52. The first-order valence-corrected chi connectivity index (χ1v) is 8.51. The summed E-state index contributed by atoms with van der Waals surface area (Å²) in [7, 11) is 0.700. The molecule has 3 rings (SSSR count). The van der Waals surface area contributed by atoms with Crippen LogP contribution in [0.5, 0.6) is 5.75 Å². The molecule has 0 unspecified atom stereocenters. The molecular weight excluding hydrogens is 272 g/mol. The second-order valence-corrected chi connectivity index (χ2v) is 7.25. The minimum atomic E-state index is -1.04. The van der Waals surface area contributed by atoms with Gasteiger partial charge in [0.2, 0.25) is 0 Å².